The van der Waals surface area contributed by atoms with E-state index in [9.17, 15) is 5.11 Å². The molecule has 90 valence electrons. The van der Waals surface area contributed by atoms with Gasteiger partial charge in [-0.25, -0.2) is 0 Å². The number of aliphatic hydroxyl groups is 1. The molecule has 1 nitrogen and oxygen atoms in total. The fourth-order valence-electron chi connectivity index (χ4n) is 1.62. The highest BCUT2D eigenvalue weighted by atomic mass is 79.9. The summed E-state index contributed by atoms with van der Waals surface area (Å²) in [6.45, 7) is 2.01. The van der Waals surface area contributed by atoms with Gasteiger partial charge >= 0.3 is 0 Å². The van der Waals surface area contributed by atoms with Gasteiger partial charge in [-0.15, -0.1) is 11.3 Å². The average Bonchev–Trinajstić information content (AvgIpc) is 2.60. The van der Waals surface area contributed by atoms with Crippen molar-refractivity contribution in [1.82, 2.24) is 0 Å². The third kappa shape index (κ3) is 3.01. The SMILES string of the molecule is Cc1sc(Br)cc1C(O)c1cc(Br)ccc1Br. The van der Waals surface area contributed by atoms with E-state index >= 15 is 0 Å². The predicted molar refractivity (Wildman–Crippen MR) is 82.7 cm³/mol. The van der Waals surface area contributed by atoms with Crippen LogP contribution in [0.1, 0.15) is 22.1 Å². The van der Waals surface area contributed by atoms with E-state index in [1.807, 2.05) is 31.2 Å². The number of aliphatic hydroxyl groups excluding tert-OH is 1. The molecule has 1 unspecified atom stereocenters. The highest BCUT2D eigenvalue weighted by Gasteiger charge is 2.18. The first-order valence-electron chi connectivity index (χ1n) is 4.88. The second-order valence-electron chi connectivity index (χ2n) is 3.63. The van der Waals surface area contributed by atoms with Gasteiger partial charge in [-0.05, 0) is 52.7 Å². The van der Waals surface area contributed by atoms with Crippen molar-refractivity contribution < 1.29 is 5.11 Å². The van der Waals surface area contributed by atoms with E-state index in [1.54, 1.807) is 11.3 Å². The Hall–Kier alpha value is 0.320. The number of hydrogen-bond donors (Lipinski definition) is 1. The highest BCUT2D eigenvalue weighted by molar-refractivity contribution is 9.11. The minimum Gasteiger partial charge on any atom is -0.384 e. The van der Waals surface area contributed by atoms with Gasteiger partial charge in [0.2, 0.25) is 0 Å². The van der Waals surface area contributed by atoms with Crippen LogP contribution in [0.25, 0.3) is 0 Å². The van der Waals surface area contributed by atoms with E-state index in [-0.39, 0.29) is 0 Å². The second-order valence-corrected chi connectivity index (χ2v) is 8.04. The fourth-order valence-corrected chi connectivity index (χ4v) is 4.21. The molecule has 2 rings (SSSR count). The molecule has 0 spiro atoms. The maximum Gasteiger partial charge on any atom is 0.106 e. The highest BCUT2D eigenvalue weighted by Crippen LogP contribution is 2.36. The molecule has 0 saturated carbocycles. The normalized spacial score (nSPS) is 12.8. The fraction of sp³-hybridized carbons (Fsp3) is 0.167. The summed E-state index contributed by atoms with van der Waals surface area (Å²) < 4.78 is 2.91. The molecular formula is C12H9Br3OS. The Morgan fingerprint density at radius 1 is 1.12 bits per heavy atom. The lowest BCUT2D eigenvalue weighted by atomic mass is 10.0. The zero-order valence-corrected chi connectivity index (χ0v) is 14.5. The van der Waals surface area contributed by atoms with Crippen LogP contribution in [0.4, 0.5) is 0 Å². The first kappa shape index (κ1) is 13.7. The summed E-state index contributed by atoms with van der Waals surface area (Å²) in [5.41, 5.74) is 1.81. The monoisotopic (exact) mass is 438 g/mol. The molecule has 2 aromatic rings. The van der Waals surface area contributed by atoms with E-state index in [0.29, 0.717) is 0 Å². The molecule has 0 fully saturated rings. The van der Waals surface area contributed by atoms with Gasteiger partial charge in [0.1, 0.15) is 6.10 Å². The van der Waals surface area contributed by atoms with Crippen molar-refractivity contribution in [3.8, 4) is 0 Å². The molecule has 0 amide bonds. The van der Waals surface area contributed by atoms with Crippen molar-refractivity contribution in [3.05, 3.63) is 53.0 Å². The Balaban J connectivity index is 2.46. The number of halogens is 3. The summed E-state index contributed by atoms with van der Waals surface area (Å²) in [5.74, 6) is 0. The lowest BCUT2D eigenvalue weighted by Gasteiger charge is -2.13. The number of rotatable bonds is 2. The Morgan fingerprint density at radius 3 is 2.41 bits per heavy atom. The van der Waals surface area contributed by atoms with Gasteiger partial charge in [0, 0.05) is 19.4 Å². The predicted octanol–water partition coefficient (Wildman–Crippen LogP) is 5.43. The lowest BCUT2D eigenvalue weighted by molar-refractivity contribution is 0.219. The summed E-state index contributed by atoms with van der Waals surface area (Å²) in [6, 6.07) is 7.77. The van der Waals surface area contributed by atoms with Gasteiger partial charge in [-0.3, -0.25) is 0 Å². The van der Waals surface area contributed by atoms with Crippen molar-refractivity contribution in [3.63, 3.8) is 0 Å². The second kappa shape index (κ2) is 5.53. The lowest BCUT2D eigenvalue weighted by Crippen LogP contribution is -2.00. The molecule has 0 aliphatic heterocycles. The van der Waals surface area contributed by atoms with Gasteiger partial charge in [-0.1, -0.05) is 31.9 Å². The van der Waals surface area contributed by atoms with Crippen LogP contribution in [0.3, 0.4) is 0 Å². The Labute approximate surface area is 129 Å². The Morgan fingerprint density at radius 2 is 1.82 bits per heavy atom. The number of hydrogen-bond acceptors (Lipinski definition) is 2. The van der Waals surface area contributed by atoms with Crippen molar-refractivity contribution in [2.45, 2.75) is 13.0 Å². The molecule has 0 aliphatic rings. The van der Waals surface area contributed by atoms with Gasteiger partial charge < -0.3 is 5.11 Å². The third-order valence-electron chi connectivity index (χ3n) is 2.47. The first-order valence-corrected chi connectivity index (χ1v) is 8.07. The summed E-state index contributed by atoms with van der Waals surface area (Å²) in [7, 11) is 0. The molecule has 0 aliphatic carbocycles. The largest absolute Gasteiger partial charge is 0.384 e. The first-order chi connectivity index (χ1) is 7.99. The average molecular weight is 441 g/mol. The summed E-state index contributed by atoms with van der Waals surface area (Å²) in [4.78, 5) is 1.12. The molecule has 1 aromatic carbocycles. The number of thiophene rings is 1. The summed E-state index contributed by atoms with van der Waals surface area (Å²) in [6.07, 6.45) is -0.607. The van der Waals surface area contributed by atoms with E-state index in [0.717, 1.165) is 28.7 Å². The molecule has 0 saturated heterocycles. The quantitative estimate of drug-likeness (QED) is 0.660. The minimum absolute atomic E-state index is 0.607. The maximum atomic E-state index is 10.4. The van der Waals surface area contributed by atoms with Crippen LogP contribution in [0, 0.1) is 6.92 Å². The van der Waals surface area contributed by atoms with Gasteiger partial charge in [0.05, 0.1) is 3.79 Å². The number of aryl methyl sites for hydroxylation is 1. The van der Waals surface area contributed by atoms with Crippen LogP contribution < -0.4 is 0 Å². The molecule has 1 heterocycles. The molecule has 5 heteroatoms. The minimum atomic E-state index is -0.607. The molecule has 1 N–H and O–H groups in total. The van der Waals surface area contributed by atoms with E-state index in [4.69, 9.17) is 0 Å². The van der Waals surface area contributed by atoms with E-state index in [2.05, 4.69) is 47.8 Å². The zero-order valence-electron chi connectivity index (χ0n) is 8.88. The molecule has 0 bridgehead atoms. The molecular weight excluding hydrogens is 432 g/mol. The van der Waals surface area contributed by atoms with Gasteiger partial charge in [0.15, 0.2) is 0 Å². The van der Waals surface area contributed by atoms with Crippen molar-refractivity contribution in [1.29, 1.82) is 0 Å². The molecule has 1 atom stereocenters. The van der Waals surface area contributed by atoms with Crippen LogP contribution in [0.15, 0.2) is 37.0 Å². The van der Waals surface area contributed by atoms with Crippen LogP contribution in [0.5, 0.6) is 0 Å². The van der Waals surface area contributed by atoms with Crippen molar-refractivity contribution >= 4 is 59.1 Å². The van der Waals surface area contributed by atoms with Crippen molar-refractivity contribution in [2.75, 3.05) is 0 Å². The van der Waals surface area contributed by atoms with Gasteiger partial charge in [-0.2, -0.15) is 0 Å². The standard InChI is InChI=1S/C12H9Br3OS/c1-6-8(5-11(15)17-6)12(16)9-4-7(13)2-3-10(9)14/h2-5,12,16H,1H3. The summed E-state index contributed by atoms with van der Waals surface area (Å²) >= 11 is 12.0. The van der Waals surface area contributed by atoms with Crippen LogP contribution >= 0.6 is 59.1 Å². The van der Waals surface area contributed by atoms with E-state index < -0.39 is 6.10 Å². The van der Waals surface area contributed by atoms with Crippen molar-refractivity contribution in [2.24, 2.45) is 0 Å². The zero-order chi connectivity index (χ0) is 12.6. The topological polar surface area (TPSA) is 20.2 Å². The Kier molecular flexibility index (Phi) is 4.47. The van der Waals surface area contributed by atoms with Crippen LogP contribution in [0.2, 0.25) is 0 Å². The number of benzene rings is 1. The molecule has 0 radical (unpaired) electrons. The molecule has 1 aromatic heterocycles. The van der Waals surface area contributed by atoms with Crippen LogP contribution in [-0.4, -0.2) is 5.11 Å². The van der Waals surface area contributed by atoms with Gasteiger partial charge in [0.25, 0.3) is 0 Å². The smallest absolute Gasteiger partial charge is 0.106 e. The van der Waals surface area contributed by atoms with Crippen LogP contribution in [-0.2, 0) is 0 Å². The van der Waals surface area contributed by atoms with E-state index in [1.165, 1.54) is 0 Å². The Bertz CT molecular complexity index is 551. The third-order valence-corrected chi connectivity index (χ3v) is 5.26. The summed E-state index contributed by atoms with van der Waals surface area (Å²) in [5, 5.41) is 10.4. The molecule has 17 heavy (non-hydrogen) atoms. The maximum absolute atomic E-state index is 10.4.